The van der Waals surface area contributed by atoms with Crippen molar-refractivity contribution < 1.29 is 9.18 Å². The summed E-state index contributed by atoms with van der Waals surface area (Å²) in [7, 11) is 0. The van der Waals surface area contributed by atoms with E-state index in [0.29, 0.717) is 11.1 Å². The lowest BCUT2D eigenvalue weighted by molar-refractivity contribution is 0.0858. The van der Waals surface area contributed by atoms with Crippen LogP contribution in [0.5, 0.6) is 0 Å². The van der Waals surface area contributed by atoms with Crippen LogP contribution in [0, 0.1) is 11.2 Å². The molecule has 2 aromatic rings. The van der Waals surface area contributed by atoms with E-state index in [1.165, 1.54) is 6.07 Å². The Morgan fingerprint density at radius 1 is 1.00 bits per heavy atom. The van der Waals surface area contributed by atoms with Gasteiger partial charge in [-0.1, -0.05) is 63.2 Å². The van der Waals surface area contributed by atoms with Gasteiger partial charge in [0.2, 0.25) is 0 Å². The highest BCUT2D eigenvalue weighted by atomic mass is 19.1. The van der Waals surface area contributed by atoms with Gasteiger partial charge in [0.25, 0.3) is 0 Å². The van der Waals surface area contributed by atoms with Crippen molar-refractivity contribution in [3.63, 3.8) is 0 Å². The van der Waals surface area contributed by atoms with Crippen LogP contribution < -0.4 is 0 Å². The van der Waals surface area contributed by atoms with Crippen molar-refractivity contribution in [3.8, 4) is 11.1 Å². The SMILES string of the molecule is CC(C)(C)C(=O)c1ccc(-c2ccccc2)c(F)c1. The van der Waals surface area contributed by atoms with Gasteiger partial charge in [-0.15, -0.1) is 0 Å². The lowest BCUT2D eigenvalue weighted by atomic mass is 9.86. The van der Waals surface area contributed by atoms with Crippen LogP contribution in [0.4, 0.5) is 4.39 Å². The lowest BCUT2D eigenvalue weighted by Crippen LogP contribution is -2.20. The zero-order valence-corrected chi connectivity index (χ0v) is 11.4. The third-order valence-electron chi connectivity index (χ3n) is 3.00. The molecule has 0 spiro atoms. The van der Waals surface area contributed by atoms with E-state index >= 15 is 0 Å². The van der Waals surface area contributed by atoms with Gasteiger partial charge in [-0.3, -0.25) is 4.79 Å². The molecular formula is C17H17FO. The lowest BCUT2D eigenvalue weighted by Gasteiger charge is -2.17. The fraction of sp³-hybridized carbons (Fsp3) is 0.235. The first-order valence-corrected chi connectivity index (χ1v) is 6.29. The summed E-state index contributed by atoms with van der Waals surface area (Å²) in [5, 5.41) is 0. The quantitative estimate of drug-likeness (QED) is 0.710. The molecule has 0 aliphatic rings. The molecule has 0 saturated carbocycles. The van der Waals surface area contributed by atoms with Gasteiger partial charge < -0.3 is 0 Å². The Bertz CT molecular complexity index is 594. The summed E-state index contributed by atoms with van der Waals surface area (Å²) in [5.41, 5.74) is 1.26. The second kappa shape index (κ2) is 4.96. The molecule has 0 aliphatic carbocycles. The maximum Gasteiger partial charge on any atom is 0.168 e. The van der Waals surface area contributed by atoms with Crippen LogP contribution in [-0.2, 0) is 0 Å². The van der Waals surface area contributed by atoms with E-state index in [1.807, 2.05) is 51.1 Å². The van der Waals surface area contributed by atoms with E-state index in [9.17, 15) is 9.18 Å². The van der Waals surface area contributed by atoms with Gasteiger partial charge in [0, 0.05) is 16.5 Å². The van der Waals surface area contributed by atoms with Gasteiger partial charge in [-0.25, -0.2) is 4.39 Å². The highest BCUT2D eigenvalue weighted by molar-refractivity contribution is 6.00. The molecule has 0 fully saturated rings. The van der Waals surface area contributed by atoms with E-state index in [-0.39, 0.29) is 11.6 Å². The molecule has 1 nitrogen and oxygen atoms in total. The molecule has 0 atom stereocenters. The van der Waals surface area contributed by atoms with Crippen LogP contribution in [0.3, 0.4) is 0 Å². The molecule has 19 heavy (non-hydrogen) atoms. The Hall–Kier alpha value is -1.96. The topological polar surface area (TPSA) is 17.1 Å². The minimum atomic E-state index is -0.499. The van der Waals surface area contributed by atoms with Gasteiger partial charge >= 0.3 is 0 Å². The molecule has 0 bridgehead atoms. The number of carbonyl (C=O) groups excluding carboxylic acids is 1. The Morgan fingerprint density at radius 2 is 1.63 bits per heavy atom. The average Bonchev–Trinajstić information content (AvgIpc) is 2.37. The molecule has 98 valence electrons. The first-order valence-electron chi connectivity index (χ1n) is 6.29. The van der Waals surface area contributed by atoms with Crippen LogP contribution in [0.2, 0.25) is 0 Å². The maximum atomic E-state index is 14.1. The summed E-state index contributed by atoms with van der Waals surface area (Å²) in [5.74, 6) is -0.410. The van der Waals surface area contributed by atoms with Gasteiger partial charge in [-0.05, 0) is 11.6 Å². The van der Waals surface area contributed by atoms with Crippen molar-refractivity contribution in [2.75, 3.05) is 0 Å². The first-order chi connectivity index (χ1) is 8.89. The summed E-state index contributed by atoms with van der Waals surface area (Å²) >= 11 is 0. The van der Waals surface area contributed by atoms with Gasteiger partial charge in [-0.2, -0.15) is 0 Å². The third kappa shape index (κ3) is 2.90. The van der Waals surface area contributed by atoms with Crippen molar-refractivity contribution in [2.24, 2.45) is 5.41 Å². The van der Waals surface area contributed by atoms with E-state index < -0.39 is 5.41 Å². The maximum absolute atomic E-state index is 14.1. The number of halogens is 1. The van der Waals surface area contributed by atoms with E-state index in [4.69, 9.17) is 0 Å². The molecule has 0 aliphatic heterocycles. The zero-order valence-electron chi connectivity index (χ0n) is 11.4. The number of Topliss-reactive ketones (excluding diaryl/α,β-unsaturated/α-hetero) is 1. The number of rotatable bonds is 2. The Kier molecular flexibility index (Phi) is 3.52. The summed E-state index contributed by atoms with van der Waals surface area (Å²) in [6.45, 7) is 5.50. The molecule has 2 rings (SSSR count). The van der Waals surface area contributed by atoms with Gasteiger partial charge in [0.1, 0.15) is 5.82 Å². The van der Waals surface area contributed by atoms with Crippen LogP contribution in [-0.4, -0.2) is 5.78 Å². The molecular weight excluding hydrogens is 239 g/mol. The van der Waals surface area contributed by atoms with E-state index in [0.717, 1.165) is 5.56 Å². The average molecular weight is 256 g/mol. The first kappa shape index (κ1) is 13.5. The highest BCUT2D eigenvalue weighted by Crippen LogP contribution is 2.26. The number of benzene rings is 2. The molecule has 0 N–H and O–H groups in total. The smallest absolute Gasteiger partial charge is 0.168 e. The number of hydrogen-bond donors (Lipinski definition) is 0. The summed E-state index contributed by atoms with van der Waals surface area (Å²) in [4.78, 5) is 12.1. The van der Waals surface area contributed by atoms with Crippen LogP contribution >= 0.6 is 0 Å². The monoisotopic (exact) mass is 256 g/mol. The highest BCUT2D eigenvalue weighted by Gasteiger charge is 2.23. The zero-order chi connectivity index (χ0) is 14.0. The summed E-state index contributed by atoms with van der Waals surface area (Å²) < 4.78 is 14.1. The Balaban J connectivity index is 2.41. The molecule has 0 radical (unpaired) electrons. The largest absolute Gasteiger partial charge is 0.294 e. The number of hydrogen-bond acceptors (Lipinski definition) is 1. The second-order valence-electron chi connectivity index (χ2n) is 5.64. The second-order valence-corrected chi connectivity index (χ2v) is 5.64. The van der Waals surface area contributed by atoms with Crippen molar-refractivity contribution in [1.29, 1.82) is 0 Å². The fourth-order valence-electron chi connectivity index (χ4n) is 1.94. The van der Waals surface area contributed by atoms with Crippen LogP contribution in [0.25, 0.3) is 11.1 Å². The molecule has 0 amide bonds. The predicted octanol–water partition coefficient (Wildman–Crippen LogP) is 4.72. The van der Waals surface area contributed by atoms with E-state index in [1.54, 1.807) is 12.1 Å². The minimum absolute atomic E-state index is 0.0500. The van der Waals surface area contributed by atoms with Crippen molar-refractivity contribution in [3.05, 3.63) is 59.9 Å². The molecule has 2 aromatic carbocycles. The summed E-state index contributed by atoms with van der Waals surface area (Å²) in [6.07, 6.45) is 0. The standard InChI is InChI=1S/C17H17FO/c1-17(2,3)16(19)13-9-10-14(15(18)11-13)12-7-5-4-6-8-12/h4-11H,1-3H3. The normalized spacial score (nSPS) is 11.4. The molecule has 0 aromatic heterocycles. The Morgan fingerprint density at radius 3 is 2.16 bits per heavy atom. The van der Waals surface area contributed by atoms with E-state index in [2.05, 4.69) is 0 Å². The van der Waals surface area contributed by atoms with Crippen molar-refractivity contribution >= 4 is 5.78 Å². The van der Waals surface area contributed by atoms with Crippen LogP contribution in [0.1, 0.15) is 31.1 Å². The number of ketones is 1. The molecule has 0 unspecified atom stereocenters. The van der Waals surface area contributed by atoms with Crippen molar-refractivity contribution in [2.45, 2.75) is 20.8 Å². The Labute approximate surface area is 113 Å². The van der Waals surface area contributed by atoms with Gasteiger partial charge in [0.15, 0.2) is 5.78 Å². The third-order valence-corrected chi connectivity index (χ3v) is 3.00. The van der Waals surface area contributed by atoms with Gasteiger partial charge in [0.05, 0.1) is 0 Å². The van der Waals surface area contributed by atoms with Crippen LogP contribution in [0.15, 0.2) is 48.5 Å². The predicted molar refractivity (Wildman–Crippen MR) is 75.6 cm³/mol. The molecule has 2 heteroatoms. The van der Waals surface area contributed by atoms with Crippen molar-refractivity contribution in [1.82, 2.24) is 0 Å². The fourth-order valence-corrected chi connectivity index (χ4v) is 1.94. The molecule has 0 saturated heterocycles. The molecule has 0 heterocycles. The number of carbonyl (C=O) groups is 1. The summed E-state index contributed by atoms with van der Waals surface area (Å²) in [6, 6.07) is 14.0. The minimum Gasteiger partial charge on any atom is -0.294 e.